The molecule has 0 bridgehead atoms. The molecule has 1 aromatic rings. The summed E-state index contributed by atoms with van der Waals surface area (Å²) >= 11 is 0. The number of carbonyl (C=O) groups is 1. The van der Waals surface area contributed by atoms with Crippen LogP contribution in [0.15, 0.2) is 41.0 Å². The highest BCUT2D eigenvalue weighted by atomic mass is 16.5. The van der Waals surface area contributed by atoms with E-state index in [9.17, 15) is 9.90 Å². The van der Waals surface area contributed by atoms with E-state index in [1.807, 2.05) is 13.0 Å². The second-order valence-electron chi connectivity index (χ2n) is 9.50. The maximum absolute atomic E-state index is 11.4. The van der Waals surface area contributed by atoms with Crippen molar-refractivity contribution < 1.29 is 24.9 Å². The lowest BCUT2D eigenvalue weighted by Gasteiger charge is -2.37. The van der Waals surface area contributed by atoms with Gasteiger partial charge in [-0.05, 0) is 96.3 Å². The first kappa shape index (κ1) is 26.9. The lowest BCUT2D eigenvalue weighted by atomic mass is 9.86. The summed E-state index contributed by atoms with van der Waals surface area (Å²) in [5.74, 6) is 0.790. The van der Waals surface area contributed by atoms with Gasteiger partial charge >= 0.3 is 0 Å². The van der Waals surface area contributed by atoms with Gasteiger partial charge in [0.05, 0.1) is 18.8 Å². The molecule has 0 radical (unpaired) electrons. The first-order valence-electron chi connectivity index (χ1n) is 11.9. The Morgan fingerprint density at radius 2 is 1.67 bits per heavy atom. The van der Waals surface area contributed by atoms with Gasteiger partial charge in [-0.15, -0.1) is 0 Å². The predicted octanol–water partition coefficient (Wildman–Crippen LogP) is 5.74. The molecule has 0 fully saturated rings. The van der Waals surface area contributed by atoms with Crippen molar-refractivity contribution in [3.05, 3.63) is 57.7 Å². The number of allylic oxidation sites excluding steroid dienone is 5. The van der Waals surface area contributed by atoms with Crippen LogP contribution < -0.4 is 4.74 Å². The normalized spacial score (nSPS) is 18.5. The molecule has 0 saturated carbocycles. The Kier molecular flexibility index (Phi) is 10.4. The zero-order chi connectivity index (χ0) is 24.4. The summed E-state index contributed by atoms with van der Waals surface area (Å²) in [6, 6.07) is 1.61. The minimum atomic E-state index is -0.280. The van der Waals surface area contributed by atoms with Crippen LogP contribution in [0.3, 0.4) is 0 Å². The van der Waals surface area contributed by atoms with Gasteiger partial charge in [-0.3, -0.25) is 4.79 Å². The van der Waals surface area contributed by atoms with Crippen LogP contribution >= 0.6 is 0 Å². The number of aldehydes is 1. The number of aromatic hydroxyl groups is 1. The maximum Gasteiger partial charge on any atom is 0.154 e. The van der Waals surface area contributed by atoms with E-state index in [1.54, 1.807) is 6.07 Å². The first-order chi connectivity index (χ1) is 15.7. The van der Waals surface area contributed by atoms with E-state index in [0.717, 1.165) is 74.5 Å². The molecule has 5 nitrogen and oxygen atoms in total. The van der Waals surface area contributed by atoms with Crippen molar-refractivity contribution in [2.75, 3.05) is 13.2 Å². The van der Waals surface area contributed by atoms with E-state index in [2.05, 4.69) is 32.9 Å². The maximum atomic E-state index is 11.4. The van der Waals surface area contributed by atoms with Crippen LogP contribution in [-0.4, -0.2) is 40.4 Å². The molecule has 1 atom stereocenters. The molecule has 1 aromatic carbocycles. The predicted molar refractivity (Wildman–Crippen MR) is 133 cm³/mol. The number of hydrogen-bond acceptors (Lipinski definition) is 5. The number of fused-ring (bicyclic) bond motifs is 1. The van der Waals surface area contributed by atoms with E-state index in [0.29, 0.717) is 11.1 Å². The summed E-state index contributed by atoms with van der Waals surface area (Å²) in [5.41, 5.74) is 5.14. The average molecular weight is 457 g/mol. The molecule has 3 N–H and O–H groups in total. The summed E-state index contributed by atoms with van der Waals surface area (Å²) in [6.07, 6.45) is 14.4. The van der Waals surface area contributed by atoms with Gasteiger partial charge in [0.15, 0.2) is 6.29 Å². The number of phenolic OH excluding ortho intramolecular Hbond substituents is 1. The van der Waals surface area contributed by atoms with E-state index in [1.165, 1.54) is 11.1 Å². The summed E-state index contributed by atoms with van der Waals surface area (Å²) in [4.78, 5) is 11.4. The third-order valence-electron chi connectivity index (χ3n) is 6.53. The zero-order valence-electron chi connectivity index (χ0n) is 20.6. The van der Waals surface area contributed by atoms with E-state index >= 15 is 0 Å². The summed E-state index contributed by atoms with van der Waals surface area (Å²) in [7, 11) is 0. The van der Waals surface area contributed by atoms with Crippen molar-refractivity contribution in [3.8, 4) is 11.5 Å². The summed E-state index contributed by atoms with van der Waals surface area (Å²) in [6.45, 7) is 8.18. The van der Waals surface area contributed by atoms with Crippen molar-refractivity contribution in [2.45, 2.75) is 84.7 Å². The molecule has 0 spiro atoms. The number of rotatable bonds is 12. The van der Waals surface area contributed by atoms with Gasteiger partial charge in [0.25, 0.3) is 0 Å². The average Bonchev–Trinajstić information content (AvgIpc) is 2.77. The Hall–Kier alpha value is -2.37. The van der Waals surface area contributed by atoms with Gasteiger partial charge in [0, 0.05) is 5.56 Å². The molecule has 2 rings (SSSR count). The van der Waals surface area contributed by atoms with Gasteiger partial charge in [-0.2, -0.15) is 0 Å². The Morgan fingerprint density at radius 3 is 2.27 bits per heavy atom. The summed E-state index contributed by atoms with van der Waals surface area (Å²) < 4.78 is 6.37. The van der Waals surface area contributed by atoms with Gasteiger partial charge < -0.3 is 20.1 Å². The molecule has 1 aliphatic heterocycles. The van der Waals surface area contributed by atoms with Crippen LogP contribution in [0.5, 0.6) is 11.5 Å². The molecular formula is C28H40O5. The topological polar surface area (TPSA) is 87.0 Å². The molecule has 5 heteroatoms. The molecule has 182 valence electrons. The van der Waals surface area contributed by atoms with Gasteiger partial charge in [0.1, 0.15) is 17.1 Å². The van der Waals surface area contributed by atoms with E-state index in [4.69, 9.17) is 14.9 Å². The third-order valence-corrected chi connectivity index (χ3v) is 6.53. The number of aliphatic hydroxyl groups excluding tert-OH is 2. The van der Waals surface area contributed by atoms with Crippen molar-refractivity contribution >= 4 is 6.29 Å². The molecule has 0 aliphatic carbocycles. The van der Waals surface area contributed by atoms with Crippen LogP contribution in [0, 0.1) is 6.92 Å². The van der Waals surface area contributed by atoms with Crippen LogP contribution in [-0.2, 0) is 6.42 Å². The van der Waals surface area contributed by atoms with Crippen LogP contribution in [0.2, 0.25) is 0 Å². The Morgan fingerprint density at radius 1 is 1.06 bits per heavy atom. The van der Waals surface area contributed by atoms with E-state index in [-0.39, 0.29) is 24.6 Å². The van der Waals surface area contributed by atoms with Crippen molar-refractivity contribution in [2.24, 2.45) is 0 Å². The fourth-order valence-electron chi connectivity index (χ4n) is 4.31. The minimum absolute atomic E-state index is 0.0350. The molecule has 1 heterocycles. The van der Waals surface area contributed by atoms with Crippen LogP contribution in [0.1, 0.15) is 87.2 Å². The standard InChI is InChI=1S/C28H40O5/c1-20(10-6-12-23(17-29)18-30)8-5-9-21(2)11-7-14-28(4)15-13-24-25(19-31)26(32)16-22(3)27(24)33-28/h8,11-12,16,19,29-30,32H,5-7,9-10,13-15,17-18H2,1-4H3/b20-8+,21-11+. The fraction of sp³-hybridized carbons (Fsp3) is 0.536. The molecule has 1 aliphatic rings. The molecular weight excluding hydrogens is 416 g/mol. The van der Waals surface area contributed by atoms with Crippen molar-refractivity contribution in [3.63, 3.8) is 0 Å². The number of aryl methyl sites for hydroxylation is 1. The lowest BCUT2D eigenvalue weighted by molar-refractivity contribution is 0.0557. The second-order valence-corrected chi connectivity index (χ2v) is 9.50. The SMILES string of the molecule is C/C(=C\CC/C(C)=C/CCC1(C)CCc2c(C=O)c(O)cc(C)c2O1)CCC=C(CO)CO. The lowest BCUT2D eigenvalue weighted by Crippen LogP contribution is -2.36. The highest BCUT2D eigenvalue weighted by Crippen LogP contribution is 2.42. The van der Waals surface area contributed by atoms with Crippen LogP contribution in [0.25, 0.3) is 0 Å². The number of aliphatic hydroxyl groups is 2. The molecule has 1 unspecified atom stereocenters. The molecule has 0 aromatic heterocycles. The largest absolute Gasteiger partial charge is 0.507 e. The number of benzene rings is 1. The van der Waals surface area contributed by atoms with Crippen molar-refractivity contribution in [1.82, 2.24) is 0 Å². The molecule has 33 heavy (non-hydrogen) atoms. The van der Waals surface area contributed by atoms with Crippen molar-refractivity contribution in [1.29, 1.82) is 0 Å². The highest BCUT2D eigenvalue weighted by Gasteiger charge is 2.33. The molecule has 0 amide bonds. The molecule has 0 saturated heterocycles. The summed E-state index contributed by atoms with van der Waals surface area (Å²) in [5, 5.41) is 28.2. The number of hydrogen-bond donors (Lipinski definition) is 3. The fourth-order valence-corrected chi connectivity index (χ4v) is 4.31. The smallest absolute Gasteiger partial charge is 0.154 e. The van der Waals surface area contributed by atoms with Crippen LogP contribution in [0.4, 0.5) is 0 Å². The van der Waals surface area contributed by atoms with Gasteiger partial charge in [-0.25, -0.2) is 0 Å². The third kappa shape index (κ3) is 7.86. The number of carbonyl (C=O) groups excluding carboxylic acids is 1. The first-order valence-corrected chi connectivity index (χ1v) is 11.9. The van der Waals surface area contributed by atoms with Gasteiger partial charge in [-0.1, -0.05) is 29.4 Å². The Balaban J connectivity index is 1.84. The Labute approximate surface area is 198 Å². The van der Waals surface area contributed by atoms with Gasteiger partial charge in [0.2, 0.25) is 0 Å². The monoisotopic (exact) mass is 456 g/mol. The minimum Gasteiger partial charge on any atom is -0.507 e. The van der Waals surface area contributed by atoms with E-state index < -0.39 is 0 Å². The number of phenols is 1. The highest BCUT2D eigenvalue weighted by molar-refractivity contribution is 5.83. The zero-order valence-corrected chi connectivity index (χ0v) is 20.6. The second kappa shape index (κ2) is 12.8. The quantitative estimate of drug-likeness (QED) is 0.276. The number of ether oxygens (including phenoxy) is 1. The Bertz CT molecular complexity index is 903.